The molecule has 1 aromatic carbocycles. The minimum absolute atomic E-state index is 0.507. The summed E-state index contributed by atoms with van der Waals surface area (Å²) in [5, 5.41) is 0. The summed E-state index contributed by atoms with van der Waals surface area (Å²) in [6.45, 7) is 0. The van der Waals surface area contributed by atoms with Crippen molar-refractivity contribution in [1.82, 2.24) is 0 Å². The molecule has 1 spiro atoms. The molecular weight excluding hydrogens is 316 g/mol. The highest BCUT2D eigenvalue weighted by atomic mass is 32.2. The minimum Gasteiger partial charge on any atom is -0.144 e. The van der Waals surface area contributed by atoms with Crippen molar-refractivity contribution < 1.29 is 0 Å². The Morgan fingerprint density at radius 2 is 1.74 bits per heavy atom. The number of fused-ring (bicyclic) bond motifs is 5. The van der Waals surface area contributed by atoms with Gasteiger partial charge in [-0.25, -0.2) is 0 Å². The van der Waals surface area contributed by atoms with Crippen LogP contribution in [-0.4, -0.2) is 15.6 Å². The first-order valence-corrected chi connectivity index (χ1v) is 11.4. The van der Waals surface area contributed by atoms with E-state index in [4.69, 9.17) is 0 Å². The van der Waals surface area contributed by atoms with Crippen LogP contribution in [0.15, 0.2) is 29.8 Å². The highest BCUT2D eigenvalue weighted by Gasteiger charge is 2.51. The quantitative estimate of drug-likeness (QED) is 0.553. The van der Waals surface area contributed by atoms with Crippen LogP contribution in [0.2, 0.25) is 0 Å². The van der Waals surface area contributed by atoms with E-state index in [-0.39, 0.29) is 0 Å². The van der Waals surface area contributed by atoms with E-state index < -0.39 is 0 Å². The first-order chi connectivity index (χ1) is 11.4. The molecule has 0 nitrogen and oxygen atoms in total. The average Bonchev–Trinajstić information content (AvgIpc) is 2.63. The molecule has 2 fully saturated rings. The molecule has 2 unspecified atom stereocenters. The second kappa shape index (κ2) is 5.88. The fraction of sp³-hybridized carbons (Fsp3) is 0.619. The topological polar surface area (TPSA) is 0 Å². The van der Waals surface area contributed by atoms with E-state index in [9.17, 15) is 0 Å². The van der Waals surface area contributed by atoms with Gasteiger partial charge in [0.1, 0.15) is 0 Å². The van der Waals surface area contributed by atoms with E-state index in [1.54, 1.807) is 16.7 Å². The summed E-state index contributed by atoms with van der Waals surface area (Å²) in [6.07, 6.45) is 11.3. The van der Waals surface area contributed by atoms with Crippen molar-refractivity contribution in [3.8, 4) is 0 Å². The fourth-order valence-electron chi connectivity index (χ4n) is 5.60. The fourth-order valence-corrected chi connectivity index (χ4v) is 9.37. The maximum absolute atomic E-state index is 2.42. The SMILES string of the molecule is c1ccc2c(c1)CCC1=C2CC2(SCCCS2)C2CCCCC12. The zero-order chi connectivity index (χ0) is 15.3. The molecule has 1 heterocycles. The number of rotatable bonds is 0. The summed E-state index contributed by atoms with van der Waals surface area (Å²) < 4.78 is 0.507. The van der Waals surface area contributed by atoms with Gasteiger partial charge in [0.05, 0.1) is 4.08 Å². The van der Waals surface area contributed by atoms with Gasteiger partial charge in [-0.15, -0.1) is 23.5 Å². The molecule has 0 amide bonds. The van der Waals surface area contributed by atoms with Crippen molar-refractivity contribution in [2.75, 3.05) is 11.5 Å². The van der Waals surface area contributed by atoms with Gasteiger partial charge in [-0.2, -0.15) is 0 Å². The van der Waals surface area contributed by atoms with Gasteiger partial charge in [0.2, 0.25) is 0 Å². The lowest BCUT2D eigenvalue weighted by atomic mass is 9.63. The number of allylic oxidation sites excluding steroid dienone is 2. The molecule has 0 bridgehead atoms. The van der Waals surface area contributed by atoms with E-state index in [1.165, 1.54) is 62.9 Å². The first-order valence-electron chi connectivity index (χ1n) is 9.45. The largest absolute Gasteiger partial charge is 0.144 e. The maximum atomic E-state index is 2.42. The van der Waals surface area contributed by atoms with Gasteiger partial charge in [0, 0.05) is 0 Å². The highest BCUT2D eigenvalue weighted by Crippen LogP contribution is 2.63. The zero-order valence-electron chi connectivity index (χ0n) is 13.9. The van der Waals surface area contributed by atoms with Crippen molar-refractivity contribution in [1.29, 1.82) is 0 Å². The van der Waals surface area contributed by atoms with Gasteiger partial charge in [-0.05, 0) is 78.6 Å². The van der Waals surface area contributed by atoms with E-state index >= 15 is 0 Å². The lowest BCUT2D eigenvalue weighted by Gasteiger charge is -2.53. The molecule has 122 valence electrons. The highest BCUT2D eigenvalue weighted by molar-refractivity contribution is 8.18. The Morgan fingerprint density at radius 1 is 0.913 bits per heavy atom. The number of benzene rings is 1. The van der Waals surface area contributed by atoms with Crippen LogP contribution < -0.4 is 0 Å². The van der Waals surface area contributed by atoms with Crippen molar-refractivity contribution in [2.24, 2.45) is 11.8 Å². The lowest BCUT2D eigenvalue weighted by Crippen LogP contribution is -2.45. The Morgan fingerprint density at radius 3 is 2.65 bits per heavy atom. The van der Waals surface area contributed by atoms with Gasteiger partial charge in [-0.1, -0.05) is 42.7 Å². The molecule has 4 aliphatic rings. The summed E-state index contributed by atoms with van der Waals surface area (Å²) in [7, 11) is 0. The van der Waals surface area contributed by atoms with E-state index in [1.807, 2.05) is 5.57 Å². The third-order valence-corrected chi connectivity index (χ3v) is 10.1. The van der Waals surface area contributed by atoms with Crippen LogP contribution >= 0.6 is 23.5 Å². The second-order valence-electron chi connectivity index (χ2n) is 7.70. The summed E-state index contributed by atoms with van der Waals surface area (Å²) in [5.41, 5.74) is 6.88. The third-order valence-electron chi connectivity index (χ3n) is 6.58. The monoisotopic (exact) mass is 342 g/mol. The summed E-state index contributed by atoms with van der Waals surface area (Å²) >= 11 is 4.66. The summed E-state index contributed by atoms with van der Waals surface area (Å²) in [4.78, 5) is 0. The Kier molecular flexibility index (Phi) is 3.82. The van der Waals surface area contributed by atoms with Crippen LogP contribution in [-0.2, 0) is 6.42 Å². The molecule has 1 saturated carbocycles. The number of hydrogen-bond donors (Lipinski definition) is 0. The van der Waals surface area contributed by atoms with E-state index in [2.05, 4.69) is 47.8 Å². The molecule has 5 rings (SSSR count). The standard InChI is InChI=1S/C21H26S2/c1-2-7-16-15(6-1)10-11-17-18-8-3-4-9-20(18)21(14-19(16)17)22-12-5-13-23-21/h1-2,6-7,18,20H,3-5,8-14H2. The van der Waals surface area contributed by atoms with Crippen LogP contribution in [0.25, 0.3) is 5.57 Å². The second-order valence-corrected chi connectivity index (χ2v) is 10.8. The van der Waals surface area contributed by atoms with Crippen molar-refractivity contribution in [3.63, 3.8) is 0 Å². The molecule has 3 aliphatic carbocycles. The Balaban J connectivity index is 1.63. The van der Waals surface area contributed by atoms with Crippen molar-refractivity contribution in [2.45, 2.75) is 55.4 Å². The van der Waals surface area contributed by atoms with Crippen LogP contribution in [0.1, 0.15) is 56.1 Å². The lowest BCUT2D eigenvalue weighted by molar-refractivity contribution is 0.237. The predicted molar refractivity (Wildman–Crippen MR) is 104 cm³/mol. The summed E-state index contributed by atoms with van der Waals surface area (Å²) in [5.74, 6) is 4.63. The van der Waals surface area contributed by atoms with Gasteiger partial charge in [-0.3, -0.25) is 0 Å². The zero-order valence-corrected chi connectivity index (χ0v) is 15.5. The van der Waals surface area contributed by atoms with E-state index in [0.29, 0.717) is 4.08 Å². The molecule has 2 heteroatoms. The van der Waals surface area contributed by atoms with Gasteiger partial charge >= 0.3 is 0 Å². The Bertz CT molecular complexity index is 639. The van der Waals surface area contributed by atoms with E-state index in [0.717, 1.165) is 11.8 Å². The molecule has 0 radical (unpaired) electrons. The van der Waals surface area contributed by atoms with Gasteiger partial charge in [0.15, 0.2) is 0 Å². The maximum Gasteiger partial charge on any atom is 0.0685 e. The Labute approximate surface area is 148 Å². The normalized spacial score (nSPS) is 32.2. The smallest absolute Gasteiger partial charge is 0.0685 e. The Hall–Kier alpha value is -0.340. The first kappa shape index (κ1) is 15.0. The number of aryl methyl sites for hydroxylation is 1. The molecular formula is C21H26S2. The van der Waals surface area contributed by atoms with Crippen LogP contribution in [0.4, 0.5) is 0 Å². The number of hydrogen-bond acceptors (Lipinski definition) is 2. The average molecular weight is 343 g/mol. The molecule has 0 aromatic heterocycles. The van der Waals surface area contributed by atoms with Crippen LogP contribution in [0, 0.1) is 11.8 Å². The minimum atomic E-state index is 0.507. The molecule has 1 aliphatic heterocycles. The number of thioether (sulfide) groups is 2. The van der Waals surface area contributed by atoms with Gasteiger partial charge < -0.3 is 0 Å². The predicted octanol–water partition coefficient (Wildman–Crippen LogP) is 6.16. The molecule has 0 N–H and O–H groups in total. The molecule has 23 heavy (non-hydrogen) atoms. The van der Waals surface area contributed by atoms with Crippen molar-refractivity contribution in [3.05, 3.63) is 41.0 Å². The van der Waals surface area contributed by atoms with Crippen molar-refractivity contribution >= 4 is 29.1 Å². The molecule has 1 saturated heterocycles. The molecule has 1 aromatic rings. The van der Waals surface area contributed by atoms with Crippen LogP contribution in [0.3, 0.4) is 0 Å². The molecule has 2 atom stereocenters. The summed E-state index contributed by atoms with van der Waals surface area (Å²) in [6, 6.07) is 9.28. The third kappa shape index (κ3) is 2.35. The van der Waals surface area contributed by atoms with Gasteiger partial charge in [0.25, 0.3) is 0 Å². The van der Waals surface area contributed by atoms with Crippen LogP contribution in [0.5, 0.6) is 0 Å².